The van der Waals surface area contributed by atoms with Crippen LogP contribution in [0.1, 0.15) is 49.8 Å². The maximum atomic E-state index is 14.1. The van der Waals surface area contributed by atoms with Gasteiger partial charge < -0.3 is 4.57 Å². The molecule has 0 aliphatic heterocycles. The van der Waals surface area contributed by atoms with Crippen LogP contribution in [0.15, 0.2) is 36.7 Å². The number of aromatic nitrogens is 2. The van der Waals surface area contributed by atoms with Gasteiger partial charge in [-0.25, -0.2) is 4.98 Å². The number of carbonyl (C=O) groups excluding carboxylic acids is 1. The van der Waals surface area contributed by atoms with Crippen LogP contribution in [0.3, 0.4) is 0 Å². The van der Waals surface area contributed by atoms with Crippen molar-refractivity contribution in [2.24, 2.45) is 0 Å². The summed E-state index contributed by atoms with van der Waals surface area (Å²) in [5, 5.41) is -0.365. The van der Waals surface area contributed by atoms with Crippen molar-refractivity contribution < 1.29 is 9.18 Å². The Morgan fingerprint density at radius 2 is 2.00 bits per heavy atom. The van der Waals surface area contributed by atoms with Gasteiger partial charge in [0.05, 0.1) is 17.1 Å². The first-order valence-electron chi connectivity index (χ1n) is 7.30. The Balaban J connectivity index is 2.35. The Labute approximate surface area is 140 Å². The monoisotopic (exact) mass is 330 g/mol. The summed E-state index contributed by atoms with van der Waals surface area (Å²) in [5.74, 6) is 5.01. The van der Waals surface area contributed by atoms with Crippen molar-refractivity contribution in [3.63, 3.8) is 0 Å². The van der Waals surface area contributed by atoms with Gasteiger partial charge in [-0.05, 0) is 33.3 Å². The summed E-state index contributed by atoms with van der Waals surface area (Å²) in [5.41, 5.74) is 0.967. The average Bonchev–Trinajstić information content (AvgIpc) is 2.88. The zero-order valence-corrected chi connectivity index (χ0v) is 14.4. The second-order valence-electron chi connectivity index (χ2n) is 5.65. The smallest absolute Gasteiger partial charge is 0.242 e. The van der Waals surface area contributed by atoms with Crippen LogP contribution in [0, 0.1) is 17.8 Å². The van der Waals surface area contributed by atoms with E-state index in [9.17, 15) is 9.18 Å². The minimum Gasteiger partial charge on any atom is -0.318 e. The van der Waals surface area contributed by atoms with Gasteiger partial charge in [-0.2, -0.15) is 4.39 Å². The van der Waals surface area contributed by atoms with E-state index in [-0.39, 0.29) is 16.9 Å². The standard InChI is InChI=1S/C18H19FN2OS/c1-5-11-18(3,4)23-17(22)15-16(19)20-12-21(15)13(2)14-9-7-6-8-10-14/h6-10,12-13H,1-4H3/t13-/m1/s1. The van der Waals surface area contributed by atoms with Gasteiger partial charge in [0, 0.05) is 0 Å². The topological polar surface area (TPSA) is 34.9 Å². The van der Waals surface area contributed by atoms with Crippen molar-refractivity contribution in [3.8, 4) is 11.8 Å². The van der Waals surface area contributed by atoms with E-state index in [1.54, 1.807) is 11.5 Å². The van der Waals surface area contributed by atoms with Gasteiger partial charge in [0.25, 0.3) is 0 Å². The summed E-state index contributed by atoms with van der Waals surface area (Å²) in [7, 11) is 0. The number of carbonyl (C=O) groups is 1. The van der Waals surface area contributed by atoms with Crippen molar-refractivity contribution in [3.05, 3.63) is 53.9 Å². The average molecular weight is 330 g/mol. The first-order valence-corrected chi connectivity index (χ1v) is 8.12. The van der Waals surface area contributed by atoms with Crippen molar-refractivity contribution in [1.29, 1.82) is 0 Å². The van der Waals surface area contributed by atoms with Crippen LogP contribution in [0.5, 0.6) is 0 Å². The fraction of sp³-hybridized carbons (Fsp3) is 0.333. The predicted octanol–water partition coefficient (Wildman–Crippen LogP) is 4.31. The molecule has 0 radical (unpaired) electrons. The number of imidazole rings is 1. The Kier molecular flexibility index (Phi) is 5.27. The highest BCUT2D eigenvalue weighted by molar-refractivity contribution is 8.15. The number of nitrogens with zero attached hydrogens (tertiary/aromatic N) is 2. The van der Waals surface area contributed by atoms with E-state index < -0.39 is 10.7 Å². The van der Waals surface area contributed by atoms with Gasteiger partial charge in [-0.1, -0.05) is 48.0 Å². The molecule has 1 atom stereocenters. The molecule has 120 valence electrons. The van der Waals surface area contributed by atoms with Crippen LogP contribution < -0.4 is 0 Å². The second kappa shape index (κ2) is 7.01. The molecule has 0 fully saturated rings. The molecule has 0 N–H and O–H groups in total. The van der Waals surface area contributed by atoms with Crippen molar-refractivity contribution >= 4 is 16.9 Å². The van der Waals surface area contributed by atoms with Gasteiger partial charge in [0.1, 0.15) is 0 Å². The van der Waals surface area contributed by atoms with Crippen molar-refractivity contribution in [2.75, 3.05) is 0 Å². The Morgan fingerprint density at radius 3 is 2.61 bits per heavy atom. The van der Waals surface area contributed by atoms with E-state index >= 15 is 0 Å². The van der Waals surface area contributed by atoms with Crippen LogP contribution in [0.2, 0.25) is 0 Å². The molecule has 2 aromatic rings. The molecule has 0 saturated heterocycles. The molecular formula is C18H19FN2OS. The largest absolute Gasteiger partial charge is 0.318 e. The van der Waals surface area contributed by atoms with E-state index in [0.29, 0.717) is 0 Å². The highest BCUT2D eigenvalue weighted by Crippen LogP contribution is 2.30. The minimum absolute atomic E-state index is 0.0164. The summed E-state index contributed by atoms with van der Waals surface area (Å²) in [6, 6.07) is 9.43. The molecular weight excluding hydrogens is 311 g/mol. The van der Waals surface area contributed by atoms with Gasteiger partial charge in [-0.15, -0.1) is 5.92 Å². The lowest BCUT2D eigenvalue weighted by Gasteiger charge is -2.19. The molecule has 0 saturated carbocycles. The lowest BCUT2D eigenvalue weighted by atomic mass is 10.1. The van der Waals surface area contributed by atoms with Gasteiger partial charge >= 0.3 is 0 Å². The number of hydrogen-bond donors (Lipinski definition) is 0. The maximum absolute atomic E-state index is 14.1. The summed E-state index contributed by atoms with van der Waals surface area (Å²) in [4.78, 5) is 16.3. The molecule has 0 bridgehead atoms. The number of benzene rings is 1. The molecule has 0 amide bonds. The third-order valence-corrected chi connectivity index (χ3v) is 4.41. The number of hydrogen-bond acceptors (Lipinski definition) is 3. The van der Waals surface area contributed by atoms with Gasteiger partial charge in [0.15, 0.2) is 5.69 Å². The zero-order chi connectivity index (χ0) is 17.0. The molecule has 0 unspecified atom stereocenters. The molecule has 2 rings (SSSR count). The maximum Gasteiger partial charge on any atom is 0.242 e. The number of thioether (sulfide) groups is 1. The quantitative estimate of drug-likeness (QED) is 0.784. The summed E-state index contributed by atoms with van der Waals surface area (Å²) >= 11 is 1.01. The van der Waals surface area contributed by atoms with Crippen LogP contribution in [0.4, 0.5) is 4.39 Å². The fourth-order valence-corrected chi connectivity index (χ4v) is 3.22. The van der Waals surface area contributed by atoms with Crippen molar-refractivity contribution in [2.45, 2.75) is 38.5 Å². The molecule has 3 nitrogen and oxygen atoms in total. The Bertz CT molecular complexity index is 756. The lowest BCUT2D eigenvalue weighted by molar-refractivity contribution is 0.107. The number of rotatable bonds is 4. The summed E-state index contributed by atoms with van der Waals surface area (Å²) in [6.45, 7) is 7.31. The molecule has 5 heteroatoms. The SMILES string of the molecule is CC#CC(C)(C)SC(=O)c1c(F)ncn1[C@H](C)c1ccccc1. The van der Waals surface area contributed by atoms with E-state index in [1.165, 1.54) is 6.33 Å². The van der Waals surface area contributed by atoms with Gasteiger partial charge in [-0.3, -0.25) is 4.79 Å². The molecule has 23 heavy (non-hydrogen) atoms. The fourth-order valence-electron chi connectivity index (χ4n) is 2.32. The van der Waals surface area contributed by atoms with Crippen LogP contribution >= 0.6 is 11.8 Å². The van der Waals surface area contributed by atoms with Crippen LogP contribution in [-0.4, -0.2) is 19.4 Å². The molecule has 1 heterocycles. The third kappa shape index (κ3) is 4.02. The minimum atomic E-state index is -0.745. The highest BCUT2D eigenvalue weighted by Gasteiger charge is 2.28. The van der Waals surface area contributed by atoms with Crippen LogP contribution in [0.25, 0.3) is 0 Å². The second-order valence-corrected chi connectivity index (χ2v) is 7.25. The van der Waals surface area contributed by atoms with E-state index in [2.05, 4.69) is 16.8 Å². The molecule has 0 spiro atoms. The van der Waals surface area contributed by atoms with E-state index in [1.807, 2.05) is 51.1 Å². The number of halogens is 1. The Morgan fingerprint density at radius 1 is 1.35 bits per heavy atom. The first kappa shape index (κ1) is 17.3. The Hall–Kier alpha value is -2.06. The summed E-state index contributed by atoms with van der Waals surface area (Å²) in [6.07, 6.45) is 1.37. The van der Waals surface area contributed by atoms with Crippen molar-refractivity contribution in [1.82, 2.24) is 9.55 Å². The predicted molar refractivity (Wildman–Crippen MR) is 91.9 cm³/mol. The zero-order valence-electron chi connectivity index (χ0n) is 13.6. The molecule has 0 aliphatic carbocycles. The first-order chi connectivity index (χ1) is 10.9. The molecule has 0 aliphatic rings. The molecule has 1 aromatic carbocycles. The summed E-state index contributed by atoms with van der Waals surface area (Å²) < 4.78 is 15.1. The van der Waals surface area contributed by atoms with E-state index in [0.717, 1.165) is 17.3 Å². The lowest BCUT2D eigenvalue weighted by Crippen LogP contribution is -2.19. The highest BCUT2D eigenvalue weighted by atomic mass is 32.2. The normalized spacial score (nSPS) is 12.4. The van der Waals surface area contributed by atoms with Crippen LogP contribution in [-0.2, 0) is 0 Å². The van der Waals surface area contributed by atoms with E-state index in [4.69, 9.17) is 0 Å². The molecule has 1 aromatic heterocycles. The van der Waals surface area contributed by atoms with Gasteiger partial charge in [0.2, 0.25) is 11.1 Å². The third-order valence-electron chi connectivity index (χ3n) is 3.42.